The van der Waals surface area contributed by atoms with Crippen LogP contribution in [0.1, 0.15) is 56.8 Å². The first-order valence-corrected chi connectivity index (χ1v) is 12.6. The Morgan fingerprint density at radius 2 is 1.63 bits per heavy atom. The summed E-state index contributed by atoms with van der Waals surface area (Å²) < 4.78 is 0. The number of carbonyl (C=O) groups is 2. The summed E-state index contributed by atoms with van der Waals surface area (Å²) in [4.78, 5) is 26.8. The van der Waals surface area contributed by atoms with Crippen LogP contribution in [0, 0.1) is 0 Å². The van der Waals surface area contributed by atoms with Gasteiger partial charge < -0.3 is 20.1 Å². The number of rotatable bonds is 7. The molecule has 5 rings (SSSR count). The van der Waals surface area contributed by atoms with Crippen molar-refractivity contribution in [3.05, 3.63) is 125 Å². The smallest absolute Gasteiger partial charge is 0.545 e. The Hall–Kier alpha value is -3.38. The number of carboxylic acids is 1. The van der Waals surface area contributed by atoms with Gasteiger partial charge in [0.1, 0.15) is 0 Å². The molecule has 0 saturated carbocycles. The number of benzene rings is 4. The molecule has 0 fully saturated rings. The minimum absolute atomic E-state index is 0. The molecule has 6 heteroatoms. The minimum Gasteiger partial charge on any atom is -0.545 e. The minimum atomic E-state index is -1.17. The second-order valence-electron chi connectivity index (χ2n) is 9.50. The van der Waals surface area contributed by atoms with Crippen molar-refractivity contribution in [2.75, 3.05) is 11.4 Å². The van der Waals surface area contributed by atoms with Crippen LogP contribution < -0.4 is 44.9 Å². The Morgan fingerprint density at radius 1 is 0.921 bits per heavy atom. The third-order valence-corrected chi connectivity index (χ3v) is 6.99. The molecule has 38 heavy (non-hydrogen) atoms. The maximum atomic E-state index is 12.9. The zero-order valence-electron chi connectivity index (χ0n) is 21.8. The van der Waals surface area contributed by atoms with E-state index in [1.54, 1.807) is 18.2 Å². The first-order chi connectivity index (χ1) is 18.0. The van der Waals surface area contributed by atoms with Crippen LogP contribution in [0.15, 0.2) is 97.1 Å². The van der Waals surface area contributed by atoms with Crippen molar-refractivity contribution in [1.29, 1.82) is 0 Å². The number of hydrogen-bond acceptors (Lipinski definition) is 4. The number of aromatic carboxylic acids is 1. The quantitative estimate of drug-likeness (QED) is 0.386. The van der Waals surface area contributed by atoms with Gasteiger partial charge in [0.15, 0.2) is 0 Å². The molecule has 186 valence electrons. The van der Waals surface area contributed by atoms with Crippen molar-refractivity contribution in [3.63, 3.8) is 0 Å². The van der Waals surface area contributed by atoms with Gasteiger partial charge in [0.25, 0.3) is 5.91 Å². The summed E-state index contributed by atoms with van der Waals surface area (Å²) >= 11 is 0. The summed E-state index contributed by atoms with van der Waals surface area (Å²) in [5.74, 6) is -1.24. The molecule has 1 heterocycles. The van der Waals surface area contributed by atoms with Crippen molar-refractivity contribution in [2.24, 2.45) is 0 Å². The van der Waals surface area contributed by atoms with Crippen molar-refractivity contribution in [3.8, 4) is 11.1 Å². The summed E-state index contributed by atoms with van der Waals surface area (Å²) in [7, 11) is 0. The molecule has 0 bridgehead atoms. The van der Waals surface area contributed by atoms with Crippen LogP contribution in [0.3, 0.4) is 0 Å². The summed E-state index contributed by atoms with van der Waals surface area (Å²) in [6, 6.07) is 30.8. The van der Waals surface area contributed by atoms with Gasteiger partial charge in [0.2, 0.25) is 0 Å². The largest absolute Gasteiger partial charge is 1.00 e. The van der Waals surface area contributed by atoms with E-state index in [4.69, 9.17) is 0 Å². The zero-order chi connectivity index (χ0) is 25.8. The summed E-state index contributed by atoms with van der Waals surface area (Å²) in [6.45, 7) is 3.68. The molecule has 1 N–H and O–H groups in total. The van der Waals surface area contributed by atoms with Crippen molar-refractivity contribution in [1.82, 2.24) is 5.32 Å². The van der Waals surface area contributed by atoms with E-state index >= 15 is 0 Å². The van der Waals surface area contributed by atoms with Gasteiger partial charge in [-0.3, -0.25) is 4.79 Å². The van der Waals surface area contributed by atoms with Crippen molar-refractivity contribution < 1.29 is 44.3 Å². The Balaban J connectivity index is 0.00000336. The summed E-state index contributed by atoms with van der Waals surface area (Å²) in [5.41, 5.74) is 6.94. The van der Waals surface area contributed by atoms with Crippen LogP contribution in [0.2, 0.25) is 0 Å². The molecule has 0 spiro atoms. The van der Waals surface area contributed by atoms with Crippen LogP contribution >= 0.6 is 0 Å². The molecule has 0 unspecified atom stereocenters. The molecule has 1 atom stereocenters. The van der Waals surface area contributed by atoms with Gasteiger partial charge in [-0.2, -0.15) is 0 Å². The number of nitrogens with zero attached hydrogens (tertiary/aromatic N) is 1. The van der Waals surface area contributed by atoms with E-state index in [9.17, 15) is 14.7 Å². The van der Waals surface area contributed by atoms with Gasteiger partial charge in [-0.15, -0.1) is 0 Å². The maximum absolute atomic E-state index is 12.9. The molecule has 0 saturated heterocycles. The number of anilines is 1. The second kappa shape index (κ2) is 12.4. The van der Waals surface area contributed by atoms with E-state index in [0.29, 0.717) is 11.1 Å². The normalized spacial score (nSPS) is 13.1. The van der Waals surface area contributed by atoms with Gasteiger partial charge in [0.05, 0.1) is 12.0 Å². The van der Waals surface area contributed by atoms with Gasteiger partial charge in [-0.05, 0) is 65.8 Å². The number of aryl methyl sites for hydroxylation is 1. The SMILES string of the molecule is C[C@H](NC(=O)c1ccc2c(c1)CCCN2Cc1ccc(-c2ccccc2C(=O)[O-])cc1)c1ccccc1.[Na+]. The fourth-order valence-corrected chi connectivity index (χ4v) is 5.01. The van der Waals surface area contributed by atoms with E-state index in [1.807, 2.05) is 79.7 Å². The third-order valence-electron chi connectivity index (χ3n) is 6.99. The molecule has 5 nitrogen and oxygen atoms in total. The number of amides is 1. The van der Waals surface area contributed by atoms with Crippen LogP contribution in [-0.4, -0.2) is 18.4 Å². The average molecular weight is 513 g/mol. The van der Waals surface area contributed by atoms with Crippen molar-refractivity contribution >= 4 is 17.6 Å². The number of carboxylic acid groups (broad SMARTS) is 1. The standard InChI is InChI=1S/C32H30N2O3.Na/c1-22(24-8-3-2-4-9-24)33-31(35)27-17-18-30-26(20-27)10-7-19-34(30)21-23-13-15-25(16-14-23)28-11-5-6-12-29(28)32(36)37;/h2-6,8-9,11-18,20,22H,7,10,19,21H2,1H3,(H,33,35)(H,36,37);/q;+1/p-1/t22-;/m0./s1. The van der Waals surface area contributed by atoms with Crippen LogP contribution in [0.5, 0.6) is 0 Å². The predicted molar refractivity (Wildman–Crippen MR) is 144 cm³/mol. The number of carbonyl (C=O) groups excluding carboxylic acids is 2. The van der Waals surface area contributed by atoms with Gasteiger partial charge in [0, 0.05) is 29.9 Å². The third kappa shape index (κ3) is 6.18. The zero-order valence-corrected chi connectivity index (χ0v) is 23.8. The van der Waals surface area contributed by atoms with Gasteiger partial charge in [-0.25, -0.2) is 0 Å². The van der Waals surface area contributed by atoms with E-state index in [0.717, 1.165) is 48.3 Å². The molecule has 0 aromatic heterocycles. The Bertz CT molecular complexity index is 1420. The summed E-state index contributed by atoms with van der Waals surface area (Å²) in [5, 5.41) is 14.6. The van der Waals surface area contributed by atoms with Crippen LogP contribution in [-0.2, 0) is 13.0 Å². The number of hydrogen-bond donors (Lipinski definition) is 1. The molecule has 1 amide bonds. The van der Waals surface area contributed by atoms with Gasteiger partial charge >= 0.3 is 29.6 Å². The average Bonchev–Trinajstić information content (AvgIpc) is 2.93. The molecule has 0 aliphatic carbocycles. The molecule has 4 aromatic rings. The van der Waals surface area contributed by atoms with E-state index in [-0.39, 0.29) is 47.1 Å². The fraction of sp³-hybridized carbons (Fsp3) is 0.188. The van der Waals surface area contributed by atoms with Crippen LogP contribution in [0.25, 0.3) is 11.1 Å². The molecule has 4 aromatic carbocycles. The summed E-state index contributed by atoms with van der Waals surface area (Å²) in [6.07, 6.45) is 1.97. The topological polar surface area (TPSA) is 72.5 Å². The molecular formula is C32H29N2NaO3. The monoisotopic (exact) mass is 512 g/mol. The Labute approximate surface area is 245 Å². The molecule has 1 aliphatic heterocycles. The first kappa shape index (κ1) is 27.6. The molecule has 0 radical (unpaired) electrons. The number of fused-ring (bicyclic) bond motifs is 1. The predicted octanol–water partition coefficient (Wildman–Crippen LogP) is 2.16. The second-order valence-corrected chi connectivity index (χ2v) is 9.50. The Morgan fingerprint density at radius 3 is 2.37 bits per heavy atom. The van der Waals surface area contributed by atoms with Gasteiger partial charge in [-0.1, -0.05) is 78.9 Å². The fourth-order valence-electron chi connectivity index (χ4n) is 5.01. The van der Waals surface area contributed by atoms with E-state index in [1.165, 1.54) is 5.56 Å². The van der Waals surface area contributed by atoms with E-state index in [2.05, 4.69) is 16.3 Å². The molecular weight excluding hydrogens is 483 g/mol. The van der Waals surface area contributed by atoms with Crippen LogP contribution in [0.4, 0.5) is 5.69 Å². The Kier molecular flexibility index (Phi) is 9.05. The maximum Gasteiger partial charge on any atom is 1.00 e. The van der Waals surface area contributed by atoms with E-state index < -0.39 is 5.97 Å². The number of nitrogens with one attached hydrogen (secondary N) is 1. The van der Waals surface area contributed by atoms with Crippen molar-refractivity contribution in [2.45, 2.75) is 32.4 Å². The molecule has 1 aliphatic rings. The first-order valence-electron chi connectivity index (χ1n) is 12.6.